The molecule has 1 atom stereocenters. The lowest BCUT2D eigenvalue weighted by Gasteiger charge is -2.39. The van der Waals surface area contributed by atoms with Crippen LogP contribution in [0.2, 0.25) is 0 Å². The third-order valence-corrected chi connectivity index (χ3v) is 18.7. The van der Waals surface area contributed by atoms with Gasteiger partial charge in [-0.15, -0.1) is 0 Å². The van der Waals surface area contributed by atoms with Gasteiger partial charge in [0, 0.05) is 44.2 Å². The van der Waals surface area contributed by atoms with Crippen LogP contribution in [-0.4, -0.2) is 9.13 Å². The molecule has 1 aliphatic heterocycles. The molecule has 1 spiro atoms. The molecule has 3 heteroatoms. The summed E-state index contributed by atoms with van der Waals surface area (Å²) in [5.74, 6) is 0. The van der Waals surface area contributed by atoms with Gasteiger partial charge in [0.1, 0.15) is 0 Å². The number of para-hydroxylation sites is 6. The summed E-state index contributed by atoms with van der Waals surface area (Å²) in [5, 5.41) is 7.46. The van der Waals surface area contributed by atoms with Crippen LogP contribution in [0, 0.1) is 0 Å². The van der Waals surface area contributed by atoms with Gasteiger partial charge in [0.2, 0.25) is 0 Å². The Morgan fingerprint density at radius 3 is 1.52 bits per heavy atom. The lowest BCUT2D eigenvalue weighted by Crippen LogP contribution is -2.33. The molecule has 1 unspecified atom stereocenters. The quantitative estimate of drug-likeness (QED) is 0.148. The second kappa shape index (κ2) is 18.9. The third kappa shape index (κ3) is 7.09. The Balaban J connectivity index is 0.748. The van der Waals surface area contributed by atoms with Crippen LogP contribution in [0.5, 0.6) is 0 Å². The zero-order chi connectivity index (χ0) is 56.5. The molecule has 3 heterocycles. The molecule has 400 valence electrons. The van der Waals surface area contributed by atoms with Gasteiger partial charge in [0.15, 0.2) is 0 Å². The smallest absolute Gasteiger partial charge is 0.0754 e. The Hall–Kier alpha value is -11.3. The largest absolute Gasteiger partial charge is 0.310 e. The first-order valence-corrected chi connectivity index (χ1v) is 29.8. The lowest BCUT2D eigenvalue weighted by molar-refractivity contribution is 0.749. The van der Waals surface area contributed by atoms with Gasteiger partial charge >= 0.3 is 0 Å². The number of aromatic nitrogens is 2. The average molecular weight is 1090 g/mol. The van der Waals surface area contributed by atoms with Crippen LogP contribution < -0.4 is 4.90 Å². The molecule has 2 aliphatic rings. The minimum atomic E-state index is -0.520. The fraction of sp³-hybridized carbons (Fsp3) is 0.0120. The van der Waals surface area contributed by atoms with Gasteiger partial charge in [-0.25, -0.2) is 0 Å². The zero-order valence-electron chi connectivity index (χ0n) is 46.9. The SMILES string of the molecule is c1ccc(-c2cccc(-c3ccccc3N(c3ccc(-c4ccc(-n5c6ccccc6c6ccccc65)cc4)cc3)c3ccc4cc(-c5ccc6c(c5)C5(c7ccccc7-6)c6ccccc6-n6c7ccccc7c7cccc5c76)ccc4c3)c2)cc1. The summed E-state index contributed by atoms with van der Waals surface area (Å²) in [6, 6.07) is 119. The van der Waals surface area contributed by atoms with Crippen molar-refractivity contribution in [3.63, 3.8) is 0 Å². The number of anilines is 3. The summed E-state index contributed by atoms with van der Waals surface area (Å²) in [7, 11) is 0. The summed E-state index contributed by atoms with van der Waals surface area (Å²) in [5.41, 5.74) is 27.4. The minimum absolute atomic E-state index is 0.520. The predicted molar refractivity (Wildman–Crippen MR) is 360 cm³/mol. The maximum absolute atomic E-state index is 2.52. The molecule has 0 saturated heterocycles. The molecular formula is C83H53N3. The molecule has 0 bridgehead atoms. The molecule has 0 amide bonds. The third-order valence-electron chi connectivity index (χ3n) is 18.7. The fourth-order valence-electron chi connectivity index (χ4n) is 14.9. The molecule has 2 aromatic heterocycles. The van der Waals surface area contributed by atoms with E-state index in [4.69, 9.17) is 0 Å². The van der Waals surface area contributed by atoms with Crippen LogP contribution in [-0.2, 0) is 5.41 Å². The van der Waals surface area contributed by atoms with E-state index in [1.54, 1.807) is 0 Å². The van der Waals surface area contributed by atoms with Crippen molar-refractivity contribution < 1.29 is 0 Å². The van der Waals surface area contributed by atoms with E-state index < -0.39 is 5.41 Å². The Labute approximate surface area is 498 Å². The Morgan fingerprint density at radius 2 is 0.744 bits per heavy atom. The van der Waals surface area contributed by atoms with E-state index in [-0.39, 0.29) is 0 Å². The van der Waals surface area contributed by atoms with Gasteiger partial charge < -0.3 is 14.0 Å². The molecule has 3 nitrogen and oxygen atoms in total. The fourth-order valence-corrected chi connectivity index (χ4v) is 14.9. The van der Waals surface area contributed by atoms with E-state index in [2.05, 4.69) is 336 Å². The predicted octanol–water partition coefficient (Wildman–Crippen LogP) is 21.8. The summed E-state index contributed by atoms with van der Waals surface area (Å²) in [4.78, 5) is 2.44. The highest BCUT2D eigenvalue weighted by molar-refractivity contribution is 6.13. The van der Waals surface area contributed by atoms with Crippen LogP contribution in [0.15, 0.2) is 322 Å². The highest BCUT2D eigenvalue weighted by atomic mass is 15.1. The van der Waals surface area contributed by atoms with Crippen LogP contribution >= 0.6 is 0 Å². The van der Waals surface area contributed by atoms with E-state index in [9.17, 15) is 0 Å². The van der Waals surface area contributed by atoms with E-state index in [1.165, 1.54) is 121 Å². The maximum Gasteiger partial charge on any atom is 0.0754 e. The van der Waals surface area contributed by atoms with Gasteiger partial charge in [0.25, 0.3) is 0 Å². The molecule has 0 fully saturated rings. The van der Waals surface area contributed by atoms with Crippen LogP contribution in [0.1, 0.15) is 22.3 Å². The van der Waals surface area contributed by atoms with Crippen molar-refractivity contribution >= 4 is 71.4 Å². The Morgan fingerprint density at radius 1 is 0.256 bits per heavy atom. The second-order valence-electron chi connectivity index (χ2n) is 23.1. The van der Waals surface area contributed by atoms with E-state index in [1.807, 2.05) is 0 Å². The number of fused-ring (bicyclic) bond motifs is 16. The molecule has 18 rings (SSSR count). The van der Waals surface area contributed by atoms with E-state index >= 15 is 0 Å². The molecule has 0 radical (unpaired) electrons. The molecular weight excluding hydrogens is 1040 g/mol. The summed E-state index contributed by atoms with van der Waals surface area (Å²) >= 11 is 0. The number of hydrogen-bond acceptors (Lipinski definition) is 1. The summed E-state index contributed by atoms with van der Waals surface area (Å²) in [6.45, 7) is 0. The molecule has 1 aliphatic carbocycles. The number of nitrogens with zero attached hydrogens (tertiary/aromatic N) is 3. The molecule has 0 N–H and O–H groups in total. The zero-order valence-corrected chi connectivity index (χ0v) is 46.9. The number of hydrogen-bond donors (Lipinski definition) is 0. The summed E-state index contributed by atoms with van der Waals surface area (Å²) < 4.78 is 4.90. The molecule has 16 aromatic rings. The van der Waals surface area contributed by atoms with Gasteiger partial charge in [-0.2, -0.15) is 0 Å². The van der Waals surface area contributed by atoms with E-state index in [0.717, 1.165) is 39.4 Å². The first kappa shape index (κ1) is 48.3. The van der Waals surface area contributed by atoms with Gasteiger partial charge in [-0.3, -0.25) is 0 Å². The highest BCUT2D eigenvalue weighted by Crippen LogP contribution is 2.61. The highest BCUT2D eigenvalue weighted by Gasteiger charge is 2.51. The molecule has 14 aromatic carbocycles. The maximum atomic E-state index is 2.52. The van der Waals surface area contributed by atoms with Crippen LogP contribution in [0.3, 0.4) is 0 Å². The lowest BCUT2D eigenvalue weighted by atomic mass is 9.65. The van der Waals surface area contributed by atoms with Crippen molar-refractivity contribution in [2.24, 2.45) is 0 Å². The van der Waals surface area contributed by atoms with Crippen molar-refractivity contribution in [1.29, 1.82) is 0 Å². The van der Waals surface area contributed by atoms with Gasteiger partial charge in [0.05, 0.1) is 38.9 Å². The topological polar surface area (TPSA) is 13.1 Å². The number of benzene rings is 14. The number of rotatable bonds is 8. The van der Waals surface area contributed by atoms with E-state index in [0.29, 0.717) is 0 Å². The molecule has 86 heavy (non-hydrogen) atoms. The van der Waals surface area contributed by atoms with Crippen molar-refractivity contribution in [3.8, 4) is 67.0 Å². The van der Waals surface area contributed by atoms with Crippen molar-refractivity contribution in [3.05, 3.63) is 344 Å². The van der Waals surface area contributed by atoms with Crippen molar-refractivity contribution in [2.45, 2.75) is 5.41 Å². The van der Waals surface area contributed by atoms with Gasteiger partial charge in [-0.05, 0) is 168 Å². The normalized spacial score (nSPS) is 13.9. The van der Waals surface area contributed by atoms with Crippen molar-refractivity contribution in [2.75, 3.05) is 4.90 Å². The average Bonchev–Trinajstić information content (AvgIpc) is 4.11. The second-order valence-corrected chi connectivity index (χ2v) is 23.1. The van der Waals surface area contributed by atoms with Crippen LogP contribution in [0.25, 0.3) is 121 Å². The molecule has 0 saturated carbocycles. The standard InChI is InChI=1S/C83H53N3/c1-2-18-54(19-3-1)57-20-16-21-62(51-57)66-22-5-11-31-77(66)84(63-44-38-55(39-45-63)56-40-46-64(47-41-56)85-78-32-12-6-24-69(78)70-25-7-13-33-79(70)85)65-48-42-59-50-58(36-37-60(59)52-65)61-43-49-68-67-23-4-9-28-73(67)83(76(68)53-61)74-29-10-15-35-81(74)86-80-34-14-8-26-71(80)72-27-17-30-75(83)82(72)86/h1-53H. The monoisotopic (exact) mass is 1090 g/mol. The minimum Gasteiger partial charge on any atom is -0.310 e. The Kier molecular flexibility index (Phi) is 10.6. The summed E-state index contributed by atoms with van der Waals surface area (Å²) in [6.07, 6.45) is 0. The first-order valence-electron chi connectivity index (χ1n) is 29.8. The van der Waals surface area contributed by atoms with Crippen LogP contribution in [0.4, 0.5) is 17.1 Å². The Bertz CT molecular complexity index is 5360. The first-order chi connectivity index (χ1) is 42.7. The van der Waals surface area contributed by atoms with Gasteiger partial charge in [-0.1, -0.05) is 237 Å². The van der Waals surface area contributed by atoms with Crippen molar-refractivity contribution in [1.82, 2.24) is 9.13 Å².